The summed E-state index contributed by atoms with van der Waals surface area (Å²) in [4.78, 5) is 0. The lowest BCUT2D eigenvalue weighted by molar-refractivity contribution is 0.373. The summed E-state index contributed by atoms with van der Waals surface area (Å²) in [5.74, 6) is 0.638. The predicted octanol–water partition coefficient (Wildman–Crippen LogP) is 2.36. The number of aromatic nitrogens is 2. The number of nitrogens with zero attached hydrogens (tertiary/aromatic N) is 2. The van der Waals surface area contributed by atoms with Crippen molar-refractivity contribution < 1.29 is 9.84 Å². The van der Waals surface area contributed by atoms with Crippen molar-refractivity contribution >= 4 is 5.69 Å². The molecule has 0 aliphatic rings. The second kappa shape index (κ2) is 5.22. The van der Waals surface area contributed by atoms with E-state index in [1.165, 1.54) is 0 Å². The molecule has 2 rings (SSSR count). The zero-order valence-electron chi connectivity index (χ0n) is 11.7. The zero-order chi connectivity index (χ0) is 14.0. The van der Waals surface area contributed by atoms with Crippen molar-refractivity contribution in [3.63, 3.8) is 0 Å². The summed E-state index contributed by atoms with van der Waals surface area (Å²) in [5, 5.41) is 17.3. The van der Waals surface area contributed by atoms with E-state index in [1.807, 2.05) is 37.7 Å². The van der Waals surface area contributed by atoms with Gasteiger partial charge in [0, 0.05) is 13.6 Å². The number of phenolic OH excluding ortho intramolecular Hbond substituents is 1. The molecule has 0 fully saturated rings. The van der Waals surface area contributed by atoms with E-state index in [2.05, 4.69) is 10.4 Å². The number of aromatic hydroxyl groups is 1. The number of hydrogen-bond donors (Lipinski definition) is 2. The van der Waals surface area contributed by atoms with Gasteiger partial charge in [0.2, 0.25) is 0 Å². The second-order valence-electron chi connectivity index (χ2n) is 4.53. The van der Waals surface area contributed by atoms with Crippen LogP contribution in [0.4, 0.5) is 5.69 Å². The van der Waals surface area contributed by atoms with Crippen LogP contribution in [0.25, 0.3) is 0 Å². The number of rotatable bonds is 4. The molecule has 2 aromatic rings. The molecule has 2 N–H and O–H groups in total. The monoisotopic (exact) mass is 261 g/mol. The van der Waals surface area contributed by atoms with Gasteiger partial charge in [-0.25, -0.2) is 0 Å². The minimum Gasteiger partial charge on any atom is -0.504 e. The summed E-state index contributed by atoms with van der Waals surface area (Å²) in [6, 6.07) is 5.33. The Morgan fingerprint density at radius 1 is 1.37 bits per heavy atom. The molecular formula is C14H19N3O2. The molecule has 1 heterocycles. The second-order valence-corrected chi connectivity index (χ2v) is 4.53. The fourth-order valence-electron chi connectivity index (χ4n) is 2.05. The van der Waals surface area contributed by atoms with Gasteiger partial charge in [0.1, 0.15) is 0 Å². The first-order valence-electron chi connectivity index (χ1n) is 6.13. The largest absolute Gasteiger partial charge is 0.504 e. The highest BCUT2D eigenvalue weighted by Gasteiger charge is 2.09. The number of methoxy groups -OCH3 is 1. The van der Waals surface area contributed by atoms with Crippen LogP contribution >= 0.6 is 0 Å². The summed E-state index contributed by atoms with van der Waals surface area (Å²) in [6.45, 7) is 4.66. The minimum atomic E-state index is 0.153. The van der Waals surface area contributed by atoms with E-state index in [9.17, 15) is 5.11 Å². The van der Waals surface area contributed by atoms with E-state index in [0.717, 1.165) is 22.6 Å². The van der Waals surface area contributed by atoms with Crippen molar-refractivity contribution in [1.29, 1.82) is 0 Å². The number of hydrogen-bond acceptors (Lipinski definition) is 4. The molecule has 0 saturated heterocycles. The number of nitrogens with one attached hydrogen (secondary N) is 1. The van der Waals surface area contributed by atoms with Crippen LogP contribution in [-0.2, 0) is 13.6 Å². The highest BCUT2D eigenvalue weighted by Crippen LogP contribution is 2.27. The van der Waals surface area contributed by atoms with Crippen LogP contribution in [0.3, 0.4) is 0 Å². The first-order valence-corrected chi connectivity index (χ1v) is 6.13. The Morgan fingerprint density at radius 3 is 2.68 bits per heavy atom. The Balaban J connectivity index is 2.14. The van der Waals surface area contributed by atoms with Crippen LogP contribution in [0.5, 0.6) is 11.5 Å². The molecular weight excluding hydrogens is 242 g/mol. The van der Waals surface area contributed by atoms with Gasteiger partial charge >= 0.3 is 0 Å². The van der Waals surface area contributed by atoms with Gasteiger partial charge < -0.3 is 15.2 Å². The fourth-order valence-corrected chi connectivity index (χ4v) is 2.05. The van der Waals surface area contributed by atoms with E-state index in [1.54, 1.807) is 13.2 Å². The number of aryl methyl sites for hydroxylation is 2. The maximum Gasteiger partial charge on any atom is 0.160 e. The van der Waals surface area contributed by atoms with Gasteiger partial charge in [-0.1, -0.05) is 6.07 Å². The molecule has 0 bridgehead atoms. The molecule has 0 aliphatic heterocycles. The summed E-state index contributed by atoms with van der Waals surface area (Å²) in [6.07, 6.45) is 0. The van der Waals surface area contributed by atoms with Gasteiger partial charge in [0.15, 0.2) is 11.5 Å². The maximum absolute atomic E-state index is 9.55. The van der Waals surface area contributed by atoms with E-state index in [0.29, 0.717) is 12.3 Å². The van der Waals surface area contributed by atoms with E-state index in [-0.39, 0.29) is 5.75 Å². The van der Waals surface area contributed by atoms with Gasteiger partial charge in [0.05, 0.1) is 24.2 Å². The Labute approximate surface area is 112 Å². The van der Waals surface area contributed by atoms with Crippen molar-refractivity contribution in [2.45, 2.75) is 20.4 Å². The maximum atomic E-state index is 9.55. The standard InChI is InChI=1S/C14H19N3O2/c1-9-14(10(2)17(3)16-9)15-8-11-5-6-12(18)13(7-11)19-4/h5-7,15,18H,8H2,1-4H3. The Hall–Kier alpha value is -2.17. The lowest BCUT2D eigenvalue weighted by Gasteiger charge is -2.09. The molecule has 0 unspecified atom stereocenters. The van der Waals surface area contributed by atoms with Crippen molar-refractivity contribution in [2.24, 2.45) is 7.05 Å². The summed E-state index contributed by atoms with van der Waals surface area (Å²) in [7, 11) is 3.47. The van der Waals surface area contributed by atoms with Crippen LogP contribution in [0.2, 0.25) is 0 Å². The number of phenols is 1. The Morgan fingerprint density at radius 2 is 2.11 bits per heavy atom. The highest BCUT2D eigenvalue weighted by atomic mass is 16.5. The van der Waals surface area contributed by atoms with Crippen LogP contribution in [-0.4, -0.2) is 22.0 Å². The van der Waals surface area contributed by atoms with Crippen molar-refractivity contribution in [3.05, 3.63) is 35.2 Å². The third-order valence-electron chi connectivity index (χ3n) is 3.22. The van der Waals surface area contributed by atoms with Gasteiger partial charge in [-0.3, -0.25) is 4.68 Å². The van der Waals surface area contributed by atoms with Crippen LogP contribution in [0.1, 0.15) is 17.0 Å². The van der Waals surface area contributed by atoms with Crippen molar-refractivity contribution in [2.75, 3.05) is 12.4 Å². The number of anilines is 1. The summed E-state index contributed by atoms with van der Waals surface area (Å²) < 4.78 is 6.95. The lowest BCUT2D eigenvalue weighted by atomic mass is 10.2. The minimum absolute atomic E-state index is 0.153. The Bertz CT molecular complexity index is 591. The predicted molar refractivity (Wildman–Crippen MR) is 74.7 cm³/mol. The van der Waals surface area contributed by atoms with Gasteiger partial charge in [-0.2, -0.15) is 5.10 Å². The average Bonchev–Trinajstić information content (AvgIpc) is 2.63. The molecule has 0 saturated carbocycles. The number of ether oxygens (including phenoxy) is 1. The normalized spacial score (nSPS) is 10.5. The molecule has 0 amide bonds. The average molecular weight is 261 g/mol. The van der Waals surface area contributed by atoms with Crippen molar-refractivity contribution in [3.8, 4) is 11.5 Å². The molecule has 0 atom stereocenters. The van der Waals surface area contributed by atoms with E-state index < -0.39 is 0 Å². The van der Waals surface area contributed by atoms with E-state index >= 15 is 0 Å². The highest BCUT2D eigenvalue weighted by molar-refractivity contribution is 5.52. The van der Waals surface area contributed by atoms with Crippen LogP contribution in [0, 0.1) is 13.8 Å². The third-order valence-corrected chi connectivity index (χ3v) is 3.22. The number of benzene rings is 1. The molecule has 5 heteroatoms. The summed E-state index contributed by atoms with van der Waals surface area (Å²) >= 11 is 0. The fraction of sp³-hybridized carbons (Fsp3) is 0.357. The molecule has 1 aromatic heterocycles. The van der Waals surface area contributed by atoms with Gasteiger partial charge in [-0.05, 0) is 31.5 Å². The van der Waals surface area contributed by atoms with Gasteiger partial charge in [-0.15, -0.1) is 0 Å². The molecule has 0 radical (unpaired) electrons. The molecule has 19 heavy (non-hydrogen) atoms. The molecule has 0 aliphatic carbocycles. The zero-order valence-corrected chi connectivity index (χ0v) is 11.7. The van der Waals surface area contributed by atoms with Gasteiger partial charge in [0.25, 0.3) is 0 Å². The first-order chi connectivity index (χ1) is 9.02. The lowest BCUT2D eigenvalue weighted by Crippen LogP contribution is -2.02. The topological polar surface area (TPSA) is 59.3 Å². The molecule has 1 aromatic carbocycles. The smallest absolute Gasteiger partial charge is 0.160 e. The first kappa shape index (κ1) is 13.3. The van der Waals surface area contributed by atoms with E-state index in [4.69, 9.17) is 4.74 Å². The quantitative estimate of drug-likeness (QED) is 0.887. The molecule has 0 spiro atoms. The third kappa shape index (κ3) is 2.65. The molecule has 5 nitrogen and oxygen atoms in total. The Kier molecular flexibility index (Phi) is 3.64. The summed E-state index contributed by atoms with van der Waals surface area (Å²) in [5.41, 5.74) is 4.17. The van der Waals surface area contributed by atoms with Crippen molar-refractivity contribution in [1.82, 2.24) is 9.78 Å². The van der Waals surface area contributed by atoms with Crippen LogP contribution in [0.15, 0.2) is 18.2 Å². The molecule has 102 valence electrons. The SMILES string of the molecule is COc1cc(CNc2c(C)nn(C)c2C)ccc1O. The van der Waals surface area contributed by atoms with Crippen LogP contribution < -0.4 is 10.1 Å².